The van der Waals surface area contributed by atoms with Gasteiger partial charge in [0.05, 0.1) is 5.92 Å². The van der Waals surface area contributed by atoms with Gasteiger partial charge in [0.1, 0.15) is 0 Å². The van der Waals surface area contributed by atoms with Crippen LogP contribution in [0.1, 0.15) is 44.9 Å². The fraction of sp³-hybridized carbons (Fsp3) is 0.933. The Morgan fingerprint density at radius 1 is 1.11 bits per heavy atom. The van der Waals surface area contributed by atoms with Crippen LogP contribution in [0.3, 0.4) is 0 Å². The van der Waals surface area contributed by atoms with E-state index >= 15 is 0 Å². The van der Waals surface area contributed by atoms with Gasteiger partial charge < -0.3 is 9.84 Å². The first-order chi connectivity index (χ1) is 9.20. The fourth-order valence-electron chi connectivity index (χ4n) is 4.18. The van der Waals surface area contributed by atoms with E-state index in [0.29, 0.717) is 5.41 Å². The highest BCUT2D eigenvalue weighted by molar-refractivity contribution is 5.71. The molecule has 108 valence electrons. The number of nitrogens with zero attached hydrogens (tertiary/aromatic N) is 1. The van der Waals surface area contributed by atoms with Crippen LogP contribution in [-0.2, 0) is 9.53 Å². The zero-order valence-electron chi connectivity index (χ0n) is 11.6. The molecular formula is C15H25NO3. The molecule has 0 aromatic rings. The maximum atomic E-state index is 11.5. The summed E-state index contributed by atoms with van der Waals surface area (Å²) >= 11 is 0. The van der Waals surface area contributed by atoms with Crippen molar-refractivity contribution in [3.05, 3.63) is 0 Å². The standard InChI is InChI=1S/C15H25NO3/c17-14(18)12-4-2-1-3-5-13(12)16-10-15(11-16)6-8-19-9-7-15/h12-13H,1-11H2,(H,17,18). The number of carbonyl (C=O) groups is 1. The molecule has 2 atom stereocenters. The number of ether oxygens (including phenoxy) is 1. The Morgan fingerprint density at radius 3 is 2.47 bits per heavy atom. The SMILES string of the molecule is O=C(O)C1CCCCCC1N1CC2(CCOCC2)C1. The Labute approximate surface area is 115 Å². The summed E-state index contributed by atoms with van der Waals surface area (Å²) in [6.07, 6.45) is 7.74. The Hall–Kier alpha value is -0.610. The van der Waals surface area contributed by atoms with Gasteiger partial charge in [-0.3, -0.25) is 9.69 Å². The first-order valence-corrected chi connectivity index (χ1v) is 7.75. The maximum Gasteiger partial charge on any atom is 0.308 e. The Kier molecular flexibility index (Phi) is 3.81. The van der Waals surface area contributed by atoms with Crippen molar-refractivity contribution >= 4 is 5.97 Å². The number of carboxylic acid groups (broad SMARTS) is 1. The second-order valence-corrected chi connectivity index (χ2v) is 6.67. The predicted octanol–water partition coefficient (Wildman–Crippen LogP) is 2.13. The van der Waals surface area contributed by atoms with E-state index in [2.05, 4.69) is 4.90 Å². The van der Waals surface area contributed by atoms with Gasteiger partial charge in [0.25, 0.3) is 0 Å². The summed E-state index contributed by atoms with van der Waals surface area (Å²) < 4.78 is 5.45. The van der Waals surface area contributed by atoms with Crippen LogP contribution in [0, 0.1) is 11.3 Å². The molecule has 0 amide bonds. The van der Waals surface area contributed by atoms with E-state index in [4.69, 9.17) is 4.74 Å². The topological polar surface area (TPSA) is 49.8 Å². The lowest BCUT2D eigenvalue weighted by molar-refractivity contribution is -0.151. The largest absolute Gasteiger partial charge is 0.481 e. The first kappa shape index (κ1) is 13.4. The molecule has 3 rings (SSSR count). The number of carboxylic acids is 1. The lowest BCUT2D eigenvalue weighted by atomic mass is 9.71. The van der Waals surface area contributed by atoms with E-state index in [9.17, 15) is 9.90 Å². The summed E-state index contributed by atoms with van der Waals surface area (Å²) in [5.41, 5.74) is 0.452. The van der Waals surface area contributed by atoms with Crippen LogP contribution in [0.2, 0.25) is 0 Å². The minimum Gasteiger partial charge on any atom is -0.481 e. The van der Waals surface area contributed by atoms with Crippen molar-refractivity contribution in [2.24, 2.45) is 11.3 Å². The van der Waals surface area contributed by atoms with Gasteiger partial charge in [0.2, 0.25) is 0 Å². The second-order valence-electron chi connectivity index (χ2n) is 6.67. The molecule has 1 aliphatic carbocycles. The van der Waals surface area contributed by atoms with Gasteiger partial charge in [0.15, 0.2) is 0 Å². The first-order valence-electron chi connectivity index (χ1n) is 7.75. The van der Waals surface area contributed by atoms with Crippen molar-refractivity contribution in [3.63, 3.8) is 0 Å². The van der Waals surface area contributed by atoms with Gasteiger partial charge in [0, 0.05) is 37.8 Å². The fourth-order valence-corrected chi connectivity index (χ4v) is 4.18. The van der Waals surface area contributed by atoms with Crippen LogP contribution in [0.4, 0.5) is 0 Å². The van der Waals surface area contributed by atoms with Crippen molar-refractivity contribution in [2.45, 2.75) is 51.0 Å². The monoisotopic (exact) mass is 267 g/mol. The molecule has 2 unspecified atom stereocenters. The van der Waals surface area contributed by atoms with Gasteiger partial charge in [-0.25, -0.2) is 0 Å². The summed E-state index contributed by atoms with van der Waals surface area (Å²) in [6.45, 7) is 3.98. The molecule has 0 aromatic carbocycles. The highest BCUT2D eigenvalue weighted by Gasteiger charge is 2.48. The van der Waals surface area contributed by atoms with Crippen LogP contribution in [0.15, 0.2) is 0 Å². The van der Waals surface area contributed by atoms with Crippen molar-refractivity contribution in [1.29, 1.82) is 0 Å². The second kappa shape index (κ2) is 5.41. The van der Waals surface area contributed by atoms with Gasteiger partial charge in [-0.05, 0) is 25.7 Å². The number of likely N-dealkylation sites (tertiary alicyclic amines) is 1. The quantitative estimate of drug-likeness (QED) is 0.779. The van der Waals surface area contributed by atoms with Crippen LogP contribution >= 0.6 is 0 Å². The van der Waals surface area contributed by atoms with Gasteiger partial charge in [-0.2, -0.15) is 0 Å². The molecule has 0 aromatic heterocycles. The van der Waals surface area contributed by atoms with Gasteiger partial charge >= 0.3 is 5.97 Å². The summed E-state index contributed by atoms with van der Waals surface area (Å²) in [6, 6.07) is 0.286. The molecule has 4 heteroatoms. The average Bonchev–Trinajstić information content (AvgIpc) is 2.62. The molecule has 3 aliphatic rings. The zero-order valence-corrected chi connectivity index (χ0v) is 11.6. The number of hydrogen-bond acceptors (Lipinski definition) is 3. The summed E-state index contributed by atoms with van der Waals surface area (Å²) in [7, 11) is 0. The van der Waals surface area contributed by atoms with Crippen molar-refractivity contribution in [2.75, 3.05) is 26.3 Å². The van der Waals surface area contributed by atoms with Crippen molar-refractivity contribution in [1.82, 2.24) is 4.90 Å². The third-order valence-corrected chi connectivity index (χ3v) is 5.40. The minimum atomic E-state index is -0.583. The molecule has 0 radical (unpaired) electrons. The van der Waals surface area contributed by atoms with E-state index in [0.717, 1.165) is 58.4 Å². The maximum absolute atomic E-state index is 11.5. The molecule has 1 spiro atoms. The van der Waals surface area contributed by atoms with E-state index in [1.165, 1.54) is 12.8 Å². The number of rotatable bonds is 2. The molecule has 4 nitrogen and oxygen atoms in total. The molecule has 2 aliphatic heterocycles. The Bertz CT molecular complexity index is 330. The molecule has 1 saturated carbocycles. The summed E-state index contributed by atoms with van der Waals surface area (Å²) in [5, 5.41) is 9.46. The van der Waals surface area contributed by atoms with Crippen LogP contribution in [0.25, 0.3) is 0 Å². The highest BCUT2D eigenvalue weighted by atomic mass is 16.5. The molecule has 19 heavy (non-hydrogen) atoms. The molecule has 2 heterocycles. The number of hydrogen-bond donors (Lipinski definition) is 1. The highest BCUT2D eigenvalue weighted by Crippen LogP contribution is 2.43. The Balaban J connectivity index is 1.62. The lowest BCUT2D eigenvalue weighted by Crippen LogP contribution is -2.63. The average molecular weight is 267 g/mol. The van der Waals surface area contributed by atoms with Crippen molar-refractivity contribution in [3.8, 4) is 0 Å². The summed E-state index contributed by atoms with van der Waals surface area (Å²) in [5.74, 6) is -0.723. The van der Waals surface area contributed by atoms with E-state index in [-0.39, 0.29) is 12.0 Å². The predicted molar refractivity (Wildman–Crippen MR) is 72.1 cm³/mol. The van der Waals surface area contributed by atoms with Crippen LogP contribution in [-0.4, -0.2) is 48.3 Å². The van der Waals surface area contributed by atoms with E-state index in [1.807, 2.05) is 0 Å². The molecule has 3 fully saturated rings. The number of aliphatic carboxylic acids is 1. The third-order valence-electron chi connectivity index (χ3n) is 5.40. The van der Waals surface area contributed by atoms with E-state index < -0.39 is 5.97 Å². The molecule has 2 saturated heterocycles. The molecule has 1 N–H and O–H groups in total. The minimum absolute atomic E-state index is 0.139. The molecule has 0 bridgehead atoms. The molecular weight excluding hydrogens is 242 g/mol. The van der Waals surface area contributed by atoms with Crippen LogP contribution < -0.4 is 0 Å². The normalized spacial score (nSPS) is 35.6. The zero-order chi connectivity index (χ0) is 13.3. The van der Waals surface area contributed by atoms with Crippen molar-refractivity contribution < 1.29 is 14.6 Å². The van der Waals surface area contributed by atoms with Gasteiger partial charge in [-0.1, -0.05) is 19.3 Å². The van der Waals surface area contributed by atoms with Crippen LogP contribution in [0.5, 0.6) is 0 Å². The smallest absolute Gasteiger partial charge is 0.308 e. The summed E-state index contributed by atoms with van der Waals surface area (Å²) in [4.78, 5) is 13.9. The third kappa shape index (κ3) is 2.65. The van der Waals surface area contributed by atoms with E-state index in [1.54, 1.807) is 0 Å². The Morgan fingerprint density at radius 2 is 1.79 bits per heavy atom. The van der Waals surface area contributed by atoms with Gasteiger partial charge in [-0.15, -0.1) is 0 Å². The lowest BCUT2D eigenvalue weighted by Gasteiger charge is -2.55.